The van der Waals surface area contributed by atoms with Crippen molar-refractivity contribution in [3.8, 4) is 6.07 Å². The van der Waals surface area contributed by atoms with Crippen molar-refractivity contribution >= 4 is 23.0 Å². The quantitative estimate of drug-likeness (QED) is 0.292. The highest BCUT2D eigenvalue weighted by atomic mass is 32.1. The molecule has 0 saturated heterocycles. The fourth-order valence-corrected chi connectivity index (χ4v) is 1.49. The smallest absolute Gasteiger partial charge is 0.417 e. The normalized spacial score (nSPS) is 12.1. The maximum Gasteiger partial charge on any atom is 0.417 e. The van der Waals surface area contributed by atoms with Gasteiger partial charge in [0.1, 0.15) is 28.2 Å². The van der Waals surface area contributed by atoms with Gasteiger partial charge in [-0.1, -0.05) is 18.8 Å². The second kappa shape index (κ2) is 6.37. The zero-order valence-corrected chi connectivity index (χ0v) is 11.6. The second-order valence-corrected chi connectivity index (χ2v) is 4.41. The van der Waals surface area contributed by atoms with Gasteiger partial charge in [-0.2, -0.15) is 18.4 Å². The third-order valence-corrected chi connectivity index (χ3v) is 2.62. The summed E-state index contributed by atoms with van der Waals surface area (Å²) in [4.78, 5) is 3.39. The molecule has 2 N–H and O–H groups in total. The number of aliphatic hydroxyl groups excluding tert-OH is 1. The predicted octanol–water partition coefficient (Wildman–Crippen LogP) is 3.75. The number of nitriles is 1. The topological polar surface area (TPSA) is 68.9 Å². The van der Waals surface area contributed by atoms with Crippen molar-refractivity contribution in [3.63, 3.8) is 0 Å². The van der Waals surface area contributed by atoms with Gasteiger partial charge in [-0.05, 0) is 24.6 Å². The van der Waals surface area contributed by atoms with E-state index in [2.05, 4.69) is 16.9 Å². The number of hydrogen-bond donors (Lipinski definition) is 2. The molecule has 110 valence electrons. The van der Waals surface area contributed by atoms with Gasteiger partial charge in [0.05, 0.1) is 5.56 Å². The molecule has 0 bridgehead atoms. The molecule has 0 fully saturated rings. The van der Waals surface area contributed by atoms with E-state index in [1.165, 1.54) is 6.92 Å². The van der Waals surface area contributed by atoms with Crippen LogP contribution in [0.1, 0.15) is 12.5 Å². The van der Waals surface area contributed by atoms with Crippen LogP contribution in [0.25, 0.3) is 0 Å². The van der Waals surface area contributed by atoms with Gasteiger partial charge in [0, 0.05) is 6.20 Å². The molecule has 0 spiro atoms. The molecule has 0 amide bonds. The highest BCUT2D eigenvalue weighted by Crippen LogP contribution is 2.28. The van der Waals surface area contributed by atoms with Gasteiger partial charge in [0.2, 0.25) is 0 Å². The predicted molar refractivity (Wildman–Crippen MR) is 75.5 cm³/mol. The maximum absolute atomic E-state index is 12.4. The minimum atomic E-state index is -4.48. The number of nitrogens with zero attached hydrogens (tertiary/aromatic N) is 2. The average molecular weight is 313 g/mol. The van der Waals surface area contributed by atoms with E-state index >= 15 is 0 Å². The Bertz CT molecular complexity index is 642. The number of alkyl halides is 3. The molecule has 8 heteroatoms. The van der Waals surface area contributed by atoms with E-state index in [9.17, 15) is 18.3 Å². The molecule has 1 rings (SSSR count). The third kappa shape index (κ3) is 4.29. The lowest BCUT2D eigenvalue weighted by atomic mass is 10.1. The number of thiocarbonyl (C=S) groups is 1. The molecule has 0 unspecified atom stereocenters. The molecule has 0 aliphatic carbocycles. The molecule has 1 heterocycles. The second-order valence-electron chi connectivity index (χ2n) is 4.00. The van der Waals surface area contributed by atoms with Crippen molar-refractivity contribution in [2.75, 3.05) is 5.32 Å². The largest absolute Gasteiger partial charge is 0.506 e. The number of halogens is 3. The van der Waals surface area contributed by atoms with Crippen LogP contribution in [-0.2, 0) is 6.18 Å². The highest BCUT2D eigenvalue weighted by Gasteiger charge is 2.30. The number of rotatable bonds is 3. The number of aromatic nitrogens is 1. The van der Waals surface area contributed by atoms with E-state index in [1.807, 2.05) is 0 Å². The highest BCUT2D eigenvalue weighted by molar-refractivity contribution is 7.81. The third-order valence-electron chi connectivity index (χ3n) is 2.31. The molecule has 21 heavy (non-hydrogen) atoms. The standard InChI is InChI=1S/C13H10F3N3OS/c1-7(2)11(20)9(5-17)12(21)19-10-4-3-8(6-18-10)13(14,15)16/h3-4,6,20H,1H2,2H3,(H,18,19,21). The summed E-state index contributed by atoms with van der Waals surface area (Å²) in [5, 5.41) is 21.1. The minimum Gasteiger partial charge on any atom is -0.506 e. The Morgan fingerprint density at radius 2 is 2.10 bits per heavy atom. The van der Waals surface area contributed by atoms with Gasteiger partial charge >= 0.3 is 6.18 Å². The summed E-state index contributed by atoms with van der Waals surface area (Å²) in [5.41, 5.74) is -0.907. The van der Waals surface area contributed by atoms with E-state index in [0.29, 0.717) is 6.20 Å². The van der Waals surface area contributed by atoms with Gasteiger partial charge in [0.25, 0.3) is 0 Å². The number of aliphatic hydroxyl groups is 1. The van der Waals surface area contributed by atoms with Crippen LogP contribution < -0.4 is 5.32 Å². The molecule has 1 aromatic heterocycles. The molecule has 4 nitrogen and oxygen atoms in total. The van der Waals surface area contributed by atoms with Crippen molar-refractivity contribution in [2.24, 2.45) is 0 Å². The van der Waals surface area contributed by atoms with E-state index in [-0.39, 0.29) is 27.7 Å². The molecule has 0 atom stereocenters. The zero-order chi connectivity index (χ0) is 16.2. The number of pyridine rings is 1. The van der Waals surface area contributed by atoms with Crippen LogP contribution in [0.5, 0.6) is 0 Å². The van der Waals surface area contributed by atoms with Crippen molar-refractivity contribution < 1.29 is 18.3 Å². The Labute approximate surface area is 124 Å². The van der Waals surface area contributed by atoms with Crippen LogP contribution in [0, 0.1) is 11.3 Å². The molecule has 0 saturated carbocycles. The molecule has 1 aromatic rings. The first-order chi connectivity index (χ1) is 9.66. The molecule has 0 radical (unpaired) electrons. The van der Waals surface area contributed by atoms with E-state index in [4.69, 9.17) is 17.5 Å². The molecule has 0 aromatic carbocycles. The number of hydrogen-bond acceptors (Lipinski definition) is 4. The van der Waals surface area contributed by atoms with Crippen LogP contribution in [0.3, 0.4) is 0 Å². The summed E-state index contributed by atoms with van der Waals surface area (Å²) in [6.45, 7) is 4.94. The van der Waals surface area contributed by atoms with Gasteiger partial charge in [0.15, 0.2) is 0 Å². The number of anilines is 1. The first kappa shape index (κ1) is 16.7. The SMILES string of the molecule is C=C(C)C(O)=C(C#N)C(=S)Nc1ccc(C(F)(F)F)cn1. The lowest BCUT2D eigenvalue weighted by Crippen LogP contribution is -2.15. The molecular weight excluding hydrogens is 303 g/mol. The van der Waals surface area contributed by atoms with Crippen molar-refractivity contribution in [1.82, 2.24) is 4.98 Å². The van der Waals surface area contributed by atoms with Crippen LogP contribution >= 0.6 is 12.2 Å². The van der Waals surface area contributed by atoms with E-state index < -0.39 is 11.7 Å². The first-order valence-electron chi connectivity index (χ1n) is 5.50. The Balaban J connectivity index is 2.97. The first-order valence-corrected chi connectivity index (χ1v) is 5.91. The van der Waals surface area contributed by atoms with Crippen molar-refractivity contribution in [1.29, 1.82) is 5.26 Å². The summed E-state index contributed by atoms with van der Waals surface area (Å²) < 4.78 is 37.1. The van der Waals surface area contributed by atoms with Gasteiger partial charge in [-0.3, -0.25) is 0 Å². The van der Waals surface area contributed by atoms with E-state index in [0.717, 1.165) is 12.1 Å². The maximum atomic E-state index is 12.4. The Morgan fingerprint density at radius 3 is 2.48 bits per heavy atom. The van der Waals surface area contributed by atoms with E-state index in [1.54, 1.807) is 6.07 Å². The Hall–Kier alpha value is -2.40. The van der Waals surface area contributed by atoms with Gasteiger partial charge < -0.3 is 10.4 Å². The lowest BCUT2D eigenvalue weighted by molar-refractivity contribution is -0.137. The van der Waals surface area contributed by atoms with Crippen molar-refractivity contribution in [3.05, 3.63) is 47.4 Å². The summed E-state index contributed by atoms with van der Waals surface area (Å²) in [6.07, 6.45) is -3.85. The average Bonchev–Trinajstić information content (AvgIpc) is 2.38. The minimum absolute atomic E-state index is 0.0234. The van der Waals surface area contributed by atoms with Crippen LogP contribution in [0.2, 0.25) is 0 Å². The lowest BCUT2D eigenvalue weighted by Gasteiger charge is -2.10. The Kier molecular flexibility index (Phi) is 5.05. The molecular formula is C13H10F3N3OS. The van der Waals surface area contributed by atoms with Crippen molar-refractivity contribution in [2.45, 2.75) is 13.1 Å². The summed E-state index contributed by atoms with van der Waals surface area (Å²) in [6, 6.07) is 3.59. The Morgan fingerprint density at radius 1 is 1.48 bits per heavy atom. The number of allylic oxidation sites excluding steroid dienone is 1. The summed E-state index contributed by atoms with van der Waals surface area (Å²) >= 11 is 4.90. The summed E-state index contributed by atoms with van der Waals surface area (Å²) in [7, 11) is 0. The van der Waals surface area contributed by atoms with Gasteiger partial charge in [-0.15, -0.1) is 0 Å². The fourth-order valence-electron chi connectivity index (χ4n) is 1.24. The van der Waals surface area contributed by atoms with Crippen LogP contribution in [-0.4, -0.2) is 15.1 Å². The fraction of sp³-hybridized carbons (Fsp3) is 0.154. The van der Waals surface area contributed by atoms with Crippen LogP contribution in [0.15, 0.2) is 41.8 Å². The molecule has 0 aliphatic heterocycles. The van der Waals surface area contributed by atoms with Gasteiger partial charge in [-0.25, -0.2) is 4.98 Å². The zero-order valence-electron chi connectivity index (χ0n) is 10.8. The van der Waals surface area contributed by atoms with Crippen LogP contribution in [0.4, 0.5) is 19.0 Å². The number of nitrogens with one attached hydrogen (secondary N) is 1. The molecule has 0 aliphatic rings. The monoisotopic (exact) mass is 313 g/mol. The summed E-state index contributed by atoms with van der Waals surface area (Å²) in [5.74, 6) is -0.364.